The molecule has 152 valence electrons. The van der Waals surface area contributed by atoms with E-state index in [1.807, 2.05) is 19.1 Å². The third-order valence-electron chi connectivity index (χ3n) is 4.58. The number of furan rings is 1. The summed E-state index contributed by atoms with van der Waals surface area (Å²) in [5.74, 6) is 2.02. The van der Waals surface area contributed by atoms with Gasteiger partial charge in [0, 0.05) is 38.7 Å². The molecule has 1 aliphatic rings. The second-order valence-electron chi connectivity index (χ2n) is 6.80. The van der Waals surface area contributed by atoms with E-state index in [0.29, 0.717) is 32.8 Å². The number of rotatable bonds is 11. The molecule has 1 saturated carbocycles. The van der Waals surface area contributed by atoms with Crippen LogP contribution in [0.2, 0.25) is 0 Å². The largest absolute Gasteiger partial charge is 0.467 e. The standard InChI is InChI=1S/C20H34N4O3/c1-2-21-20(23-11-7-14-26-16-18-10-6-15-27-18)24-13-12-22-19(25)17-8-4-3-5-9-17/h6,10,15,17H,2-5,7-9,11-14,16H2,1H3,(H,22,25)(H2,21,23,24). The molecule has 1 aromatic heterocycles. The molecule has 1 amide bonds. The van der Waals surface area contributed by atoms with Crippen LogP contribution in [0, 0.1) is 5.92 Å². The number of hydrogen-bond donors (Lipinski definition) is 3. The highest BCUT2D eigenvalue weighted by molar-refractivity contribution is 5.80. The van der Waals surface area contributed by atoms with Gasteiger partial charge >= 0.3 is 0 Å². The van der Waals surface area contributed by atoms with E-state index in [1.165, 1.54) is 19.3 Å². The van der Waals surface area contributed by atoms with Crippen LogP contribution >= 0.6 is 0 Å². The molecule has 0 spiro atoms. The molecular formula is C20H34N4O3. The summed E-state index contributed by atoms with van der Waals surface area (Å²) in [4.78, 5) is 16.7. The highest BCUT2D eigenvalue weighted by Crippen LogP contribution is 2.23. The first-order valence-electron chi connectivity index (χ1n) is 10.2. The molecule has 1 aliphatic carbocycles. The molecule has 1 fully saturated rings. The quantitative estimate of drug-likeness (QED) is 0.313. The smallest absolute Gasteiger partial charge is 0.223 e. The Morgan fingerprint density at radius 2 is 2.04 bits per heavy atom. The van der Waals surface area contributed by atoms with Crippen molar-refractivity contribution in [3.8, 4) is 0 Å². The van der Waals surface area contributed by atoms with Crippen molar-refractivity contribution in [1.82, 2.24) is 16.0 Å². The van der Waals surface area contributed by atoms with Gasteiger partial charge < -0.3 is 25.1 Å². The molecule has 27 heavy (non-hydrogen) atoms. The van der Waals surface area contributed by atoms with E-state index in [9.17, 15) is 4.79 Å². The fourth-order valence-corrected chi connectivity index (χ4v) is 3.14. The topological polar surface area (TPSA) is 87.9 Å². The van der Waals surface area contributed by atoms with Crippen molar-refractivity contribution in [3.63, 3.8) is 0 Å². The van der Waals surface area contributed by atoms with Crippen molar-refractivity contribution >= 4 is 11.9 Å². The van der Waals surface area contributed by atoms with Gasteiger partial charge in [-0.2, -0.15) is 0 Å². The Balaban J connectivity index is 1.55. The fraction of sp³-hybridized carbons (Fsp3) is 0.700. The maximum Gasteiger partial charge on any atom is 0.223 e. The zero-order valence-electron chi connectivity index (χ0n) is 16.5. The molecule has 0 unspecified atom stereocenters. The van der Waals surface area contributed by atoms with E-state index in [2.05, 4.69) is 20.9 Å². The van der Waals surface area contributed by atoms with Crippen LogP contribution in [0.25, 0.3) is 0 Å². The summed E-state index contributed by atoms with van der Waals surface area (Å²) in [6.07, 6.45) is 8.18. The summed E-state index contributed by atoms with van der Waals surface area (Å²) in [7, 11) is 0. The molecule has 3 N–H and O–H groups in total. The minimum Gasteiger partial charge on any atom is -0.467 e. The number of amides is 1. The van der Waals surface area contributed by atoms with E-state index in [-0.39, 0.29) is 11.8 Å². The Morgan fingerprint density at radius 1 is 1.22 bits per heavy atom. The lowest BCUT2D eigenvalue weighted by Crippen LogP contribution is -2.42. The first-order valence-corrected chi connectivity index (χ1v) is 10.2. The van der Waals surface area contributed by atoms with Gasteiger partial charge in [-0.15, -0.1) is 0 Å². The predicted octanol–water partition coefficient (Wildman–Crippen LogP) is 2.44. The third kappa shape index (κ3) is 8.95. The van der Waals surface area contributed by atoms with Crippen molar-refractivity contribution in [2.24, 2.45) is 10.9 Å². The summed E-state index contributed by atoms with van der Waals surface area (Å²) in [5.41, 5.74) is 0. The van der Waals surface area contributed by atoms with Crippen LogP contribution in [0.15, 0.2) is 27.8 Å². The molecule has 0 bridgehead atoms. The Hall–Kier alpha value is -2.02. The Kier molecular flexibility index (Phi) is 10.4. The molecule has 2 rings (SSSR count). The van der Waals surface area contributed by atoms with Gasteiger partial charge in [0.25, 0.3) is 0 Å². The maximum absolute atomic E-state index is 12.1. The summed E-state index contributed by atoms with van der Waals surface area (Å²) < 4.78 is 10.8. The average molecular weight is 379 g/mol. The van der Waals surface area contributed by atoms with Gasteiger partial charge in [-0.1, -0.05) is 19.3 Å². The molecule has 0 aliphatic heterocycles. The van der Waals surface area contributed by atoms with Gasteiger partial charge in [-0.05, 0) is 38.3 Å². The number of aliphatic imine (C=N–C) groups is 1. The number of nitrogens with one attached hydrogen (secondary N) is 3. The Morgan fingerprint density at radius 3 is 2.78 bits per heavy atom. The number of guanidine groups is 1. The summed E-state index contributed by atoms with van der Waals surface area (Å²) in [6.45, 7) is 5.94. The number of carbonyl (C=O) groups is 1. The van der Waals surface area contributed by atoms with E-state index < -0.39 is 0 Å². The molecule has 0 atom stereocenters. The Bertz CT molecular complexity index is 539. The van der Waals surface area contributed by atoms with Gasteiger partial charge in [-0.3, -0.25) is 9.79 Å². The minimum absolute atomic E-state index is 0.201. The van der Waals surface area contributed by atoms with Gasteiger partial charge in [0.1, 0.15) is 12.4 Å². The predicted molar refractivity (Wildman–Crippen MR) is 107 cm³/mol. The molecule has 0 aromatic carbocycles. The molecule has 0 saturated heterocycles. The molecule has 1 heterocycles. The second kappa shape index (κ2) is 13.2. The molecule has 7 nitrogen and oxygen atoms in total. The molecule has 1 aromatic rings. The average Bonchev–Trinajstić information content (AvgIpc) is 3.21. The van der Waals surface area contributed by atoms with Crippen LogP contribution in [-0.4, -0.2) is 44.7 Å². The monoisotopic (exact) mass is 378 g/mol. The lowest BCUT2D eigenvalue weighted by atomic mass is 9.89. The number of ether oxygens (including phenoxy) is 1. The summed E-state index contributed by atoms with van der Waals surface area (Å²) in [6, 6.07) is 3.76. The highest BCUT2D eigenvalue weighted by atomic mass is 16.5. The lowest BCUT2D eigenvalue weighted by molar-refractivity contribution is -0.125. The molecular weight excluding hydrogens is 344 g/mol. The number of carbonyl (C=O) groups excluding carboxylic acids is 1. The fourth-order valence-electron chi connectivity index (χ4n) is 3.14. The van der Waals surface area contributed by atoms with Gasteiger partial charge in [0.2, 0.25) is 5.91 Å². The number of hydrogen-bond acceptors (Lipinski definition) is 4. The van der Waals surface area contributed by atoms with Crippen molar-refractivity contribution in [2.45, 2.75) is 52.1 Å². The van der Waals surface area contributed by atoms with E-state index in [4.69, 9.17) is 9.15 Å². The van der Waals surface area contributed by atoms with Crippen LogP contribution in [0.5, 0.6) is 0 Å². The van der Waals surface area contributed by atoms with Gasteiger partial charge in [0.05, 0.1) is 6.26 Å². The van der Waals surface area contributed by atoms with E-state index in [0.717, 1.165) is 37.5 Å². The second-order valence-corrected chi connectivity index (χ2v) is 6.80. The van der Waals surface area contributed by atoms with Gasteiger partial charge in [-0.25, -0.2) is 0 Å². The van der Waals surface area contributed by atoms with Crippen LogP contribution in [0.1, 0.15) is 51.2 Å². The SMILES string of the molecule is CCNC(=NCCCOCc1ccco1)NCCNC(=O)C1CCCCC1. The normalized spacial score (nSPS) is 15.5. The van der Waals surface area contributed by atoms with Crippen molar-refractivity contribution in [2.75, 3.05) is 32.8 Å². The van der Waals surface area contributed by atoms with Crippen LogP contribution in [-0.2, 0) is 16.1 Å². The van der Waals surface area contributed by atoms with E-state index >= 15 is 0 Å². The van der Waals surface area contributed by atoms with Crippen molar-refractivity contribution < 1.29 is 13.9 Å². The van der Waals surface area contributed by atoms with Gasteiger partial charge in [0.15, 0.2) is 5.96 Å². The first-order chi connectivity index (χ1) is 13.3. The Labute approximate surface area is 162 Å². The highest BCUT2D eigenvalue weighted by Gasteiger charge is 2.20. The zero-order chi connectivity index (χ0) is 19.2. The van der Waals surface area contributed by atoms with Crippen LogP contribution in [0.3, 0.4) is 0 Å². The summed E-state index contributed by atoms with van der Waals surface area (Å²) >= 11 is 0. The number of nitrogens with zero attached hydrogens (tertiary/aromatic N) is 1. The van der Waals surface area contributed by atoms with Crippen LogP contribution < -0.4 is 16.0 Å². The van der Waals surface area contributed by atoms with E-state index in [1.54, 1.807) is 6.26 Å². The minimum atomic E-state index is 0.201. The molecule has 7 heteroatoms. The third-order valence-corrected chi connectivity index (χ3v) is 4.58. The lowest BCUT2D eigenvalue weighted by Gasteiger charge is -2.21. The summed E-state index contributed by atoms with van der Waals surface area (Å²) in [5, 5.41) is 9.51. The zero-order valence-corrected chi connectivity index (χ0v) is 16.5. The van der Waals surface area contributed by atoms with Crippen molar-refractivity contribution in [1.29, 1.82) is 0 Å². The maximum atomic E-state index is 12.1. The van der Waals surface area contributed by atoms with Crippen LogP contribution in [0.4, 0.5) is 0 Å². The molecule has 0 radical (unpaired) electrons. The first kappa shape index (κ1) is 21.3. The van der Waals surface area contributed by atoms with Crippen molar-refractivity contribution in [3.05, 3.63) is 24.2 Å².